The summed E-state index contributed by atoms with van der Waals surface area (Å²) in [5.41, 5.74) is -4.15. The molecule has 1 aromatic carbocycles. The molecule has 8 heteroatoms. The van der Waals surface area contributed by atoms with Gasteiger partial charge in [0.15, 0.2) is 9.84 Å². The standard InChI is InChI=1S/C10H11F3O3S2/c1-16-8-4-3-7(6-18(2,14)15)5-9(8)17-10(11,12)13/h3-5H,6H2,1-2H3. The molecule has 0 amide bonds. The summed E-state index contributed by atoms with van der Waals surface area (Å²) >= 11 is -0.328. The summed E-state index contributed by atoms with van der Waals surface area (Å²) in [6.45, 7) is 0. The fourth-order valence-corrected chi connectivity index (χ4v) is 2.81. The molecule has 0 bridgehead atoms. The molecule has 0 fully saturated rings. The average molecular weight is 300 g/mol. The molecule has 0 spiro atoms. The van der Waals surface area contributed by atoms with Crippen molar-refractivity contribution in [2.45, 2.75) is 16.2 Å². The van der Waals surface area contributed by atoms with Crippen LogP contribution in [0, 0.1) is 0 Å². The lowest BCUT2D eigenvalue weighted by Crippen LogP contribution is -2.03. The Balaban J connectivity index is 3.09. The minimum atomic E-state index is -4.45. The molecule has 0 aliphatic heterocycles. The number of halogens is 3. The van der Waals surface area contributed by atoms with Crippen LogP contribution in [0.1, 0.15) is 5.56 Å². The first-order valence-electron chi connectivity index (χ1n) is 4.71. The van der Waals surface area contributed by atoms with Crippen molar-refractivity contribution < 1.29 is 26.3 Å². The van der Waals surface area contributed by atoms with E-state index in [2.05, 4.69) is 0 Å². The molecule has 18 heavy (non-hydrogen) atoms. The number of rotatable bonds is 4. The van der Waals surface area contributed by atoms with E-state index in [1.165, 1.54) is 25.3 Å². The van der Waals surface area contributed by atoms with Crippen LogP contribution in [0.25, 0.3) is 0 Å². The Kier molecular flexibility index (Phi) is 4.55. The van der Waals surface area contributed by atoms with E-state index in [0.29, 0.717) is 5.56 Å². The van der Waals surface area contributed by atoms with Crippen LogP contribution >= 0.6 is 11.8 Å². The molecule has 0 aliphatic rings. The lowest BCUT2D eigenvalue weighted by atomic mass is 10.2. The van der Waals surface area contributed by atoms with Crippen molar-refractivity contribution in [2.75, 3.05) is 13.4 Å². The Morgan fingerprint density at radius 3 is 2.39 bits per heavy atom. The van der Waals surface area contributed by atoms with E-state index >= 15 is 0 Å². The highest BCUT2D eigenvalue weighted by atomic mass is 32.2. The van der Waals surface area contributed by atoms with Crippen LogP contribution < -0.4 is 4.74 Å². The second-order valence-electron chi connectivity index (χ2n) is 3.60. The topological polar surface area (TPSA) is 43.4 Å². The summed E-state index contributed by atoms with van der Waals surface area (Å²) in [5, 5.41) is 0. The van der Waals surface area contributed by atoms with E-state index in [1.807, 2.05) is 0 Å². The quantitative estimate of drug-likeness (QED) is 0.802. The smallest absolute Gasteiger partial charge is 0.446 e. The van der Waals surface area contributed by atoms with E-state index in [-0.39, 0.29) is 28.2 Å². The Morgan fingerprint density at radius 2 is 1.94 bits per heavy atom. The normalized spacial score (nSPS) is 12.5. The summed E-state index contributed by atoms with van der Waals surface area (Å²) in [4.78, 5) is -0.147. The predicted octanol–water partition coefficient (Wildman–Crippen LogP) is 2.85. The SMILES string of the molecule is COc1ccc(CS(C)(=O)=O)cc1SC(F)(F)F. The number of hydrogen-bond acceptors (Lipinski definition) is 4. The summed E-state index contributed by atoms with van der Waals surface area (Å²) in [6.07, 6.45) is 1.02. The maximum absolute atomic E-state index is 12.3. The van der Waals surface area contributed by atoms with Crippen molar-refractivity contribution >= 4 is 21.6 Å². The minimum Gasteiger partial charge on any atom is -0.496 e. The van der Waals surface area contributed by atoms with Crippen LogP contribution in [0.4, 0.5) is 13.2 Å². The van der Waals surface area contributed by atoms with Gasteiger partial charge in [-0.25, -0.2) is 8.42 Å². The summed E-state index contributed by atoms with van der Waals surface area (Å²) < 4.78 is 63.9. The Bertz CT molecular complexity index is 524. The van der Waals surface area contributed by atoms with Crippen molar-refractivity contribution in [2.24, 2.45) is 0 Å². The Morgan fingerprint density at radius 1 is 1.33 bits per heavy atom. The third-order valence-electron chi connectivity index (χ3n) is 1.88. The van der Waals surface area contributed by atoms with Gasteiger partial charge in [-0.15, -0.1) is 0 Å². The van der Waals surface area contributed by atoms with Gasteiger partial charge in [0, 0.05) is 6.26 Å². The third kappa shape index (κ3) is 5.18. The van der Waals surface area contributed by atoms with Gasteiger partial charge in [-0.3, -0.25) is 0 Å². The molecule has 0 radical (unpaired) electrons. The molecular formula is C10H11F3O3S2. The molecule has 3 nitrogen and oxygen atoms in total. The van der Waals surface area contributed by atoms with Gasteiger partial charge >= 0.3 is 5.51 Å². The van der Waals surface area contributed by atoms with Crippen LogP contribution in [0.3, 0.4) is 0 Å². The monoisotopic (exact) mass is 300 g/mol. The number of ether oxygens (including phenoxy) is 1. The van der Waals surface area contributed by atoms with Gasteiger partial charge in [0.05, 0.1) is 17.8 Å². The van der Waals surface area contributed by atoms with Crippen molar-refractivity contribution in [1.82, 2.24) is 0 Å². The fraction of sp³-hybridized carbons (Fsp3) is 0.400. The van der Waals surface area contributed by atoms with Crippen molar-refractivity contribution in [3.63, 3.8) is 0 Å². The van der Waals surface area contributed by atoms with Crippen LogP contribution in [0.2, 0.25) is 0 Å². The number of alkyl halides is 3. The highest BCUT2D eigenvalue weighted by molar-refractivity contribution is 8.00. The molecule has 0 aliphatic carbocycles. The minimum absolute atomic E-state index is 0.0644. The number of hydrogen-bond donors (Lipinski definition) is 0. The predicted molar refractivity (Wildman–Crippen MR) is 63.5 cm³/mol. The van der Waals surface area contributed by atoms with Crippen molar-refractivity contribution in [3.8, 4) is 5.75 Å². The molecule has 102 valence electrons. The van der Waals surface area contributed by atoms with Gasteiger partial charge in [-0.1, -0.05) is 6.07 Å². The van der Waals surface area contributed by atoms with E-state index < -0.39 is 15.3 Å². The van der Waals surface area contributed by atoms with Gasteiger partial charge in [0.2, 0.25) is 0 Å². The van der Waals surface area contributed by atoms with Crippen LogP contribution in [-0.4, -0.2) is 27.3 Å². The molecule has 0 heterocycles. The largest absolute Gasteiger partial charge is 0.496 e. The molecular weight excluding hydrogens is 289 g/mol. The van der Waals surface area contributed by atoms with Crippen LogP contribution in [-0.2, 0) is 15.6 Å². The summed E-state index contributed by atoms with van der Waals surface area (Å²) in [7, 11) is -2.03. The fourth-order valence-electron chi connectivity index (χ4n) is 1.32. The Labute approximate surface area is 107 Å². The van der Waals surface area contributed by atoms with Crippen molar-refractivity contribution in [1.29, 1.82) is 0 Å². The zero-order chi connectivity index (χ0) is 14.0. The molecule has 1 rings (SSSR count). The first-order chi connectivity index (χ1) is 8.11. The number of methoxy groups -OCH3 is 1. The zero-order valence-corrected chi connectivity index (χ0v) is 11.2. The summed E-state index contributed by atoms with van der Waals surface area (Å²) in [5.74, 6) is -0.239. The highest BCUT2D eigenvalue weighted by Gasteiger charge is 2.31. The first kappa shape index (κ1) is 15.2. The van der Waals surface area contributed by atoms with Crippen LogP contribution in [0.15, 0.2) is 23.1 Å². The van der Waals surface area contributed by atoms with E-state index in [4.69, 9.17) is 4.74 Å². The molecule has 0 aromatic heterocycles. The molecule has 0 N–H and O–H groups in total. The lowest BCUT2D eigenvalue weighted by molar-refractivity contribution is -0.0328. The van der Waals surface area contributed by atoms with E-state index in [9.17, 15) is 21.6 Å². The second kappa shape index (κ2) is 5.40. The number of benzene rings is 1. The van der Waals surface area contributed by atoms with Gasteiger partial charge in [-0.2, -0.15) is 13.2 Å². The Hall–Kier alpha value is -0.890. The van der Waals surface area contributed by atoms with Gasteiger partial charge in [0.1, 0.15) is 5.75 Å². The first-order valence-corrected chi connectivity index (χ1v) is 7.59. The maximum Gasteiger partial charge on any atom is 0.446 e. The second-order valence-corrected chi connectivity index (χ2v) is 6.85. The molecule has 1 aromatic rings. The van der Waals surface area contributed by atoms with Gasteiger partial charge < -0.3 is 4.74 Å². The van der Waals surface area contributed by atoms with Gasteiger partial charge in [0.25, 0.3) is 0 Å². The van der Waals surface area contributed by atoms with Crippen molar-refractivity contribution in [3.05, 3.63) is 23.8 Å². The number of sulfone groups is 1. The molecule has 0 atom stereocenters. The number of thioether (sulfide) groups is 1. The van der Waals surface area contributed by atoms with Crippen LogP contribution in [0.5, 0.6) is 5.75 Å². The third-order valence-corrected chi connectivity index (χ3v) is 3.51. The molecule has 0 saturated heterocycles. The van der Waals surface area contributed by atoms with E-state index in [0.717, 1.165) is 6.26 Å². The lowest BCUT2D eigenvalue weighted by Gasteiger charge is -2.11. The summed E-state index contributed by atoms with van der Waals surface area (Å²) in [6, 6.07) is 3.94. The highest BCUT2D eigenvalue weighted by Crippen LogP contribution is 2.41. The molecule has 0 saturated carbocycles. The zero-order valence-electron chi connectivity index (χ0n) is 9.61. The maximum atomic E-state index is 12.3. The average Bonchev–Trinajstić information content (AvgIpc) is 2.12. The van der Waals surface area contributed by atoms with E-state index in [1.54, 1.807) is 0 Å². The van der Waals surface area contributed by atoms with Gasteiger partial charge in [-0.05, 0) is 29.5 Å². The molecule has 0 unspecified atom stereocenters.